The summed E-state index contributed by atoms with van der Waals surface area (Å²) in [7, 11) is -5.29. The molecule has 1 rings (SSSR count). The molecule has 0 heterocycles. The molecular formula is C14H20F3NO2S. The third-order valence-corrected chi connectivity index (χ3v) is 5.12. The molecule has 0 aliphatic heterocycles. The largest absolute Gasteiger partial charge is 0.511 e. The molecule has 0 fully saturated rings. The molecule has 1 aromatic carbocycles. The van der Waals surface area contributed by atoms with E-state index in [-0.39, 0.29) is 12.0 Å². The Kier molecular flexibility index (Phi) is 5.44. The van der Waals surface area contributed by atoms with Gasteiger partial charge < -0.3 is 0 Å². The summed E-state index contributed by atoms with van der Waals surface area (Å²) in [5.74, 6) is 0. The van der Waals surface area contributed by atoms with E-state index in [1.807, 2.05) is 12.1 Å². The van der Waals surface area contributed by atoms with Gasteiger partial charge in [-0.1, -0.05) is 45.0 Å². The van der Waals surface area contributed by atoms with Crippen LogP contribution in [0.25, 0.3) is 0 Å². The van der Waals surface area contributed by atoms with Crippen LogP contribution >= 0.6 is 0 Å². The zero-order chi connectivity index (χ0) is 16.3. The van der Waals surface area contributed by atoms with Crippen molar-refractivity contribution in [3.05, 3.63) is 35.4 Å². The van der Waals surface area contributed by atoms with Crippen molar-refractivity contribution in [1.82, 2.24) is 4.72 Å². The fraction of sp³-hybridized carbons (Fsp3) is 0.571. The Morgan fingerprint density at radius 2 is 1.52 bits per heavy atom. The van der Waals surface area contributed by atoms with Crippen LogP contribution < -0.4 is 4.72 Å². The van der Waals surface area contributed by atoms with Crippen molar-refractivity contribution in [3.63, 3.8) is 0 Å². The molecule has 0 aromatic heterocycles. The molecule has 1 N–H and O–H groups in total. The standard InChI is InChI=1S/C14H20F3NO2S/c1-4-13(3,5-2)12-8-6-11(7-9-12)10-18-21(19,20)14(15,16)17/h6-9,18H,4-5,10H2,1-3H3. The predicted molar refractivity (Wildman–Crippen MR) is 76.2 cm³/mol. The highest BCUT2D eigenvalue weighted by atomic mass is 32.2. The normalized spacial score (nSPS) is 13.4. The van der Waals surface area contributed by atoms with Crippen LogP contribution in [0.15, 0.2) is 24.3 Å². The molecular weight excluding hydrogens is 303 g/mol. The van der Waals surface area contributed by atoms with E-state index in [0.717, 1.165) is 18.4 Å². The second kappa shape index (κ2) is 6.36. The molecule has 0 radical (unpaired) electrons. The number of nitrogens with one attached hydrogen (secondary N) is 1. The monoisotopic (exact) mass is 323 g/mol. The van der Waals surface area contributed by atoms with E-state index < -0.39 is 15.5 Å². The smallest absolute Gasteiger partial charge is 0.203 e. The van der Waals surface area contributed by atoms with E-state index in [9.17, 15) is 21.6 Å². The van der Waals surface area contributed by atoms with Crippen molar-refractivity contribution in [1.29, 1.82) is 0 Å². The number of hydrogen-bond acceptors (Lipinski definition) is 2. The van der Waals surface area contributed by atoms with Gasteiger partial charge in [0.05, 0.1) is 0 Å². The van der Waals surface area contributed by atoms with Gasteiger partial charge >= 0.3 is 15.5 Å². The molecule has 0 amide bonds. The minimum atomic E-state index is -5.29. The third kappa shape index (κ3) is 4.20. The van der Waals surface area contributed by atoms with Crippen LogP contribution in [0.4, 0.5) is 13.2 Å². The predicted octanol–water partition coefficient (Wildman–Crippen LogP) is 3.70. The summed E-state index contributed by atoms with van der Waals surface area (Å²) in [6, 6.07) is 6.98. The number of hydrogen-bond donors (Lipinski definition) is 1. The highest BCUT2D eigenvalue weighted by Crippen LogP contribution is 2.31. The SMILES string of the molecule is CCC(C)(CC)c1ccc(CNS(=O)(=O)C(F)(F)F)cc1. The third-order valence-electron chi connectivity index (χ3n) is 3.98. The maximum Gasteiger partial charge on any atom is 0.511 e. The molecule has 0 saturated carbocycles. The van der Waals surface area contributed by atoms with Crippen LogP contribution in [0, 0.1) is 0 Å². The Labute approximate surface area is 123 Å². The van der Waals surface area contributed by atoms with Gasteiger partial charge in [0.1, 0.15) is 0 Å². The summed E-state index contributed by atoms with van der Waals surface area (Å²) in [4.78, 5) is 0. The Balaban J connectivity index is 2.82. The van der Waals surface area contributed by atoms with Crippen molar-refractivity contribution < 1.29 is 21.6 Å². The van der Waals surface area contributed by atoms with Gasteiger partial charge in [-0.15, -0.1) is 0 Å². The molecule has 0 spiro atoms. The summed E-state index contributed by atoms with van der Waals surface area (Å²) >= 11 is 0. The number of sulfonamides is 1. The van der Waals surface area contributed by atoms with Crippen LogP contribution in [0.3, 0.4) is 0 Å². The van der Waals surface area contributed by atoms with Crippen molar-refractivity contribution in [2.75, 3.05) is 0 Å². The number of rotatable bonds is 6. The summed E-state index contributed by atoms with van der Waals surface area (Å²) in [5.41, 5.74) is -3.68. The lowest BCUT2D eigenvalue weighted by Crippen LogP contribution is -2.36. The lowest BCUT2D eigenvalue weighted by Gasteiger charge is -2.27. The van der Waals surface area contributed by atoms with Gasteiger partial charge in [0, 0.05) is 6.54 Å². The van der Waals surface area contributed by atoms with E-state index in [1.54, 1.807) is 16.9 Å². The van der Waals surface area contributed by atoms with Crippen molar-refractivity contribution in [2.45, 2.75) is 51.1 Å². The van der Waals surface area contributed by atoms with E-state index in [4.69, 9.17) is 0 Å². The highest BCUT2D eigenvalue weighted by molar-refractivity contribution is 7.90. The molecule has 0 atom stereocenters. The van der Waals surface area contributed by atoms with Crippen LogP contribution in [0.1, 0.15) is 44.7 Å². The second-order valence-corrected chi connectivity index (χ2v) is 6.99. The first-order valence-corrected chi connectivity index (χ1v) is 8.19. The second-order valence-electron chi connectivity index (χ2n) is 5.23. The number of benzene rings is 1. The summed E-state index contributed by atoms with van der Waals surface area (Å²) < 4.78 is 60.0. The zero-order valence-corrected chi connectivity index (χ0v) is 13.1. The minimum absolute atomic E-state index is 0.0179. The topological polar surface area (TPSA) is 46.2 Å². The van der Waals surface area contributed by atoms with Crippen LogP contribution in [0.5, 0.6) is 0 Å². The van der Waals surface area contributed by atoms with Gasteiger partial charge in [-0.2, -0.15) is 13.2 Å². The first-order chi connectivity index (χ1) is 9.55. The van der Waals surface area contributed by atoms with E-state index >= 15 is 0 Å². The van der Waals surface area contributed by atoms with Gasteiger partial charge in [0.15, 0.2) is 0 Å². The van der Waals surface area contributed by atoms with Gasteiger partial charge in [0.2, 0.25) is 0 Å². The lowest BCUT2D eigenvalue weighted by atomic mass is 9.78. The molecule has 120 valence electrons. The Hall–Kier alpha value is -1.08. The summed E-state index contributed by atoms with van der Waals surface area (Å²) in [5, 5.41) is 0. The van der Waals surface area contributed by atoms with E-state index in [2.05, 4.69) is 20.8 Å². The van der Waals surface area contributed by atoms with Gasteiger partial charge in [-0.3, -0.25) is 0 Å². The molecule has 21 heavy (non-hydrogen) atoms. The average Bonchev–Trinajstić information content (AvgIpc) is 2.43. The molecule has 0 saturated heterocycles. The Morgan fingerprint density at radius 1 is 1.05 bits per heavy atom. The van der Waals surface area contributed by atoms with Crippen molar-refractivity contribution in [3.8, 4) is 0 Å². The number of alkyl halides is 3. The van der Waals surface area contributed by atoms with E-state index in [0.29, 0.717) is 5.56 Å². The van der Waals surface area contributed by atoms with Gasteiger partial charge in [0.25, 0.3) is 0 Å². The maximum absolute atomic E-state index is 12.2. The van der Waals surface area contributed by atoms with Crippen molar-refractivity contribution >= 4 is 10.0 Å². The molecule has 1 aromatic rings. The first kappa shape index (κ1) is 18.0. The highest BCUT2D eigenvalue weighted by Gasteiger charge is 2.45. The molecule has 0 unspecified atom stereocenters. The molecule has 0 bridgehead atoms. The zero-order valence-electron chi connectivity index (χ0n) is 12.3. The van der Waals surface area contributed by atoms with Gasteiger partial charge in [-0.05, 0) is 29.4 Å². The van der Waals surface area contributed by atoms with E-state index in [1.165, 1.54) is 0 Å². The van der Waals surface area contributed by atoms with Crippen molar-refractivity contribution in [2.24, 2.45) is 0 Å². The summed E-state index contributed by atoms with van der Waals surface area (Å²) in [6.07, 6.45) is 1.90. The first-order valence-electron chi connectivity index (χ1n) is 6.71. The molecule has 3 nitrogen and oxygen atoms in total. The van der Waals surface area contributed by atoms with Crippen LogP contribution in [0.2, 0.25) is 0 Å². The Bertz CT molecular complexity index is 561. The minimum Gasteiger partial charge on any atom is -0.203 e. The summed E-state index contributed by atoms with van der Waals surface area (Å²) in [6.45, 7) is 5.90. The molecule has 7 heteroatoms. The fourth-order valence-corrected chi connectivity index (χ4v) is 2.46. The quantitative estimate of drug-likeness (QED) is 0.867. The molecule has 0 aliphatic rings. The average molecular weight is 323 g/mol. The Morgan fingerprint density at radius 3 is 1.90 bits per heavy atom. The van der Waals surface area contributed by atoms with Crippen LogP contribution in [-0.4, -0.2) is 13.9 Å². The molecule has 0 aliphatic carbocycles. The maximum atomic E-state index is 12.2. The lowest BCUT2D eigenvalue weighted by molar-refractivity contribution is -0.0448. The fourth-order valence-electron chi connectivity index (χ4n) is 1.94. The van der Waals surface area contributed by atoms with Gasteiger partial charge in [-0.25, -0.2) is 13.1 Å². The van der Waals surface area contributed by atoms with Crippen LogP contribution in [-0.2, 0) is 22.0 Å². The number of halogens is 3.